The minimum Gasteiger partial charge on any atom is -0.463 e. The number of carbonyl (C=O) groups is 1. The monoisotopic (exact) mass is 243 g/mol. The Bertz CT molecular complexity index is 608. The maximum absolute atomic E-state index is 11.4. The molecular weight excluding hydrogens is 226 g/mol. The summed E-state index contributed by atoms with van der Waals surface area (Å²) in [5, 5.41) is 1.17. The third kappa shape index (κ3) is 2.45. The Balaban J connectivity index is 2.33. The normalized spacial score (nSPS) is 11.8. The van der Waals surface area contributed by atoms with Crippen LogP contribution in [0, 0.1) is 0 Å². The summed E-state index contributed by atoms with van der Waals surface area (Å²) in [6, 6.07) is 8.23. The summed E-state index contributed by atoms with van der Waals surface area (Å²) in [6.45, 7) is 4.12. The average Bonchev–Trinajstić information content (AvgIpc) is 2.71. The lowest BCUT2D eigenvalue weighted by Crippen LogP contribution is -2.00. The van der Waals surface area contributed by atoms with Gasteiger partial charge in [0.25, 0.3) is 0 Å². The van der Waals surface area contributed by atoms with Crippen molar-refractivity contribution in [3.05, 3.63) is 42.1 Å². The Kier molecular flexibility index (Phi) is 3.51. The van der Waals surface area contributed by atoms with E-state index >= 15 is 0 Å². The van der Waals surface area contributed by atoms with E-state index < -0.39 is 0 Å². The molecule has 1 aromatic heterocycles. The largest absolute Gasteiger partial charge is 0.463 e. The van der Waals surface area contributed by atoms with Crippen molar-refractivity contribution in [3.63, 3.8) is 0 Å². The first-order valence-corrected chi connectivity index (χ1v) is 6.02. The Morgan fingerprint density at radius 2 is 2.17 bits per heavy atom. The Morgan fingerprint density at radius 3 is 2.89 bits per heavy atom. The minimum atomic E-state index is -0.289. The first-order valence-electron chi connectivity index (χ1n) is 6.02. The van der Waals surface area contributed by atoms with E-state index in [2.05, 4.69) is 22.8 Å². The molecule has 0 aliphatic carbocycles. The standard InChI is InChI=1S/C15H17NO2/c1-4-18-15(17)9-11(2)12-5-6-14-13(10-12)7-8-16(14)3/h5-10H,4H2,1-3H3/b11-9+. The molecular formula is C15H17NO2. The molecule has 2 rings (SSSR count). The number of hydrogen-bond acceptors (Lipinski definition) is 2. The molecule has 3 nitrogen and oxygen atoms in total. The van der Waals surface area contributed by atoms with Crippen molar-refractivity contribution in [3.8, 4) is 0 Å². The third-order valence-corrected chi connectivity index (χ3v) is 2.96. The smallest absolute Gasteiger partial charge is 0.331 e. The number of esters is 1. The molecule has 0 unspecified atom stereocenters. The van der Waals surface area contributed by atoms with E-state index in [1.807, 2.05) is 26.2 Å². The quantitative estimate of drug-likeness (QED) is 0.612. The second-order valence-corrected chi connectivity index (χ2v) is 4.28. The summed E-state index contributed by atoms with van der Waals surface area (Å²) in [7, 11) is 2.02. The highest BCUT2D eigenvalue weighted by Crippen LogP contribution is 2.21. The second-order valence-electron chi connectivity index (χ2n) is 4.28. The zero-order valence-electron chi connectivity index (χ0n) is 10.9. The van der Waals surface area contributed by atoms with Crippen molar-refractivity contribution in [2.75, 3.05) is 6.61 Å². The summed E-state index contributed by atoms with van der Waals surface area (Å²) in [5.41, 5.74) is 3.14. The number of carbonyl (C=O) groups excluding carboxylic acids is 1. The van der Waals surface area contributed by atoms with Crippen LogP contribution in [0.1, 0.15) is 19.4 Å². The van der Waals surface area contributed by atoms with Crippen LogP contribution in [0.5, 0.6) is 0 Å². The van der Waals surface area contributed by atoms with Crippen LogP contribution < -0.4 is 0 Å². The number of nitrogens with zero attached hydrogens (tertiary/aromatic N) is 1. The molecule has 3 heteroatoms. The zero-order valence-corrected chi connectivity index (χ0v) is 10.9. The van der Waals surface area contributed by atoms with Crippen LogP contribution in [0.4, 0.5) is 0 Å². The molecule has 0 saturated heterocycles. The summed E-state index contributed by atoms with van der Waals surface area (Å²) >= 11 is 0. The number of allylic oxidation sites excluding steroid dienone is 1. The van der Waals surface area contributed by atoms with E-state index in [4.69, 9.17) is 4.74 Å². The first kappa shape index (κ1) is 12.4. The fraction of sp³-hybridized carbons (Fsp3) is 0.267. The number of aromatic nitrogens is 1. The predicted octanol–water partition coefficient (Wildman–Crippen LogP) is 3.14. The van der Waals surface area contributed by atoms with Crippen molar-refractivity contribution >= 4 is 22.4 Å². The number of ether oxygens (including phenoxy) is 1. The molecule has 1 aromatic carbocycles. The van der Waals surface area contributed by atoms with Gasteiger partial charge in [0.1, 0.15) is 0 Å². The summed E-state index contributed by atoms with van der Waals surface area (Å²) < 4.78 is 6.98. The van der Waals surface area contributed by atoms with Crippen LogP contribution in [0.25, 0.3) is 16.5 Å². The van der Waals surface area contributed by atoms with Gasteiger partial charge < -0.3 is 9.30 Å². The maximum Gasteiger partial charge on any atom is 0.331 e. The molecule has 18 heavy (non-hydrogen) atoms. The molecule has 0 bridgehead atoms. The van der Waals surface area contributed by atoms with Crippen LogP contribution in [0.3, 0.4) is 0 Å². The van der Waals surface area contributed by atoms with Gasteiger partial charge in [0.2, 0.25) is 0 Å². The molecule has 0 fully saturated rings. The van der Waals surface area contributed by atoms with Crippen molar-refractivity contribution < 1.29 is 9.53 Å². The van der Waals surface area contributed by atoms with Gasteiger partial charge in [0, 0.05) is 30.2 Å². The molecule has 0 radical (unpaired) electrons. The number of rotatable bonds is 3. The topological polar surface area (TPSA) is 31.2 Å². The fourth-order valence-electron chi connectivity index (χ4n) is 1.97. The molecule has 0 aliphatic rings. The molecule has 1 heterocycles. The number of benzene rings is 1. The Morgan fingerprint density at radius 1 is 1.39 bits per heavy atom. The third-order valence-electron chi connectivity index (χ3n) is 2.96. The number of fused-ring (bicyclic) bond motifs is 1. The summed E-state index contributed by atoms with van der Waals surface area (Å²) in [6.07, 6.45) is 3.56. The van der Waals surface area contributed by atoms with Gasteiger partial charge in [-0.3, -0.25) is 0 Å². The van der Waals surface area contributed by atoms with E-state index in [-0.39, 0.29) is 5.97 Å². The van der Waals surface area contributed by atoms with Gasteiger partial charge in [0.15, 0.2) is 0 Å². The fourth-order valence-corrected chi connectivity index (χ4v) is 1.97. The highest BCUT2D eigenvalue weighted by Gasteiger charge is 2.03. The van der Waals surface area contributed by atoms with Crippen molar-refractivity contribution in [1.29, 1.82) is 0 Å². The van der Waals surface area contributed by atoms with Gasteiger partial charge in [-0.05, 0) is 43.2 Å². The first-order chi connectivity index (χ1) is 8.61. The van der Waals surface area contributed by atoms with E-state index in [1.54, 1.807) is 6.92 Å². The van der Waals surface area contributed by atoms with Gasteiger partial charge in [-0.1, -0.05) is 6.07 Å². The summed E-state index contributed by atoms with van der Waals surface area (Å²) in [4.78, 5) is 11.4. The van der Waals surface area contributed by atoms with Crippen molar-refractivity contribution in [1.82, 2.24) is 4.57 Å². The van der Waals surface area contributed by atoms with Gasteiger partial charge >= 0.3 is 5.97 Å². The maximum atomic E-state index is 11.4. The molecule has 0 saturated carbocycles. The minimum absolute atomic E-state index is 0.289. The van der Waals surface area contributed by atoms with E-state index in [0.29, 0.717) is 6.61 Å². The SMILES string of the molecule is CCOC(=O)/C=C(\C)c1ccc2c(ccn2C)c1. The molecule has 0 atom stereocenters. The lowest BCUT2D eigenvalue weighted by atomic mass is 10.1. The van der Waals surface area contributed by atoms with Gasteiger partial charge in [-0.25, -0.2) is 4.79 Å². The lowest BCUT2D eigenvalue weighted by molar-refractivity contribution is -0.137. The Hall–Kier alpha value is -2.03. The zero-order chi connectivity index (χ0) is 13.1. The second kappa shape index (κ2) is 5.08. The van der Waals surface area contributed by atoms with E-state index in [0.717, 1.165) is 11.1 Å². The van der Waals surface area contributed by atoms with Crippen molar-refractivity contribution in [2.24, 2.45) is 7.05 Å². The Labute approximate surface area is 107 Å². The van der Waals surface area contributed by atoms with Gasteiger partial charge in [0.05, 0.1) is 6.61 Å². The van der Waals surface area contributed by atoms with Crippen LogP contribution in [0.15, 0.2) is 36.5 Å². The van der Waals surface area contributed by atoms with Crippen LogP contribution in [-0.4, -0.2) is 17.1 Å². The number of aryl methyl sites for hydroxylation is 1. The van der Waals surface area contributed by atoms with Crippen LogP contribution in [0.2, 0.25) is 0 Å². The average molecular weight is 243 g/mol. The molecule has 0 amide bonds. The van der Waals surface area contributed by atoms with Gasteiger partial charge in [-0.2, -0.15) is 0 Å². The van der Waals surface area contributed by atoms with Gasteiger partial charge in [-0.15, -0.1) is 0 Å². The molecule has 0 aliphatic heterocycles. The molecule has 0 N–H and O–H groups in total. The number of hydrogen-bond donors (Lipinski definition) is 0. The highest BCUT2D eigenvalue weighted by molar-refractivity contribution is 5.92. The van der Waals surface area contributed by atoms with E-state index in [9.17, 15) is 4.79 Å². The molecule has 2 aromatic rings. The highest BCUT2D eigenvalue weighted by atomic mass is 16.5. The molecule has 94 valence electrons. The predicted molar refractivity (Wildman–Crippen MR) is 73.2 cm³/mol. The summed E-state index contributed by atoms with van der Waals surface area (Å²) in [5.74, 6) is -0.289. The van der Waals surface area contributed by atoms with Crippen LogP contribution in [-0.2, 0) is 16.6 Å². The van der Waals surface area contributed by atoms with Crippen molar-refractivity contribution in [2.45, 2.75) is 13.8 Å². The lowest BCUT2D eigenvalue weighted by Gasteiger charge is -2.03. The molecule has 0 spiro atoms. The van der Waals surface area contributed by atoms with Crippen LogP contribution >= 0.6 is 0 Å². The van der Waals surface area contributed by atoms with E-state index in [1.165, 1.54) is 17.0 Å².